The molecule has 0 bridgehead atoms. The highest BCUT2D eigenvalue weighted by Gasteiger charge is 2.16. The first kappa shape index (κ1) is 16.7. The van der Waals surface area contributed by atoms with Gasteiger partial charge < -0.3 is 5.32 Å². The highest BCUT2D eigenvalue weighted by molar-refractivity contribution is 7.10. The Kier molecular flexibility index (Phi) is 5.75. The number of rotatable bonds is 6. The molecule has 4 heteroatoms. The van der Waals surface area contributed by atoms with Gasteiger partial charge in [-0.15, -0.1) is 11.3 Å². The lowest BCUT2D eigenvalue weighted by Crippen LogP contribution is -2.32. The van der Waals surface area contributed by atoms with Gasteiger partial charge in [0.15, 0.2) is 0 Å². The molecule has 0 aliphatic heterocycles. The lowest BCUT2D eigenvalue weighted by molar-refractivity contribution is -0.117. The van der Waals surface area contributed by atoms with Gasteiger partial charge in [0.05, 0.1) is 6.54 Å². The first-order valence-electron chi connectivity index (χ1n) is 7.65. The number of anilines is 1. The number of carbonyl (C=O) groups excluding carboxylic acids is 1. The standard InChI is InChI=1S/C18H24N2OS/c1-5-15-9-6-8-13(2)18(15)19-17(21)12-20(4)14(3)16-10-7-11-22-16/h6-11,14H,5,12H2,1-4H3,(H,19,21). The molecular formula is C18H24N2OS. The zero-order chi connectivity index (χ0) is 16.1. The number of hydrogen-bond donors (Lipinski definition) is 1. The predicted molar refractivity (Wildman–Crippen MR) is 94.6 cm³/mol. The molecule has 1 aromatic carbocycles. The van der Waals surface area contributed by atoms with Gasteiger partial charge in [-0.1, -0.05) is 31.2 Å². The number of nitrogens with zero attached hydrogens (tertiary/aromatic N) is 1. The van der Waals surface area contributed by atoms with Crippen LogP contribution >= 0.6 is 11.3 Å². The van der Waals surface area contributed by atoms with E-state index in [1.807, 2.05) is 32.2 Å². The largest absolute Gasteiger partial charge is 0.324 e. The highest BCUT2D eigenvalue weighted by atomic mass is 32.1. The Labute approximate surface area is 137 Å². The summed E-state index contributed by atoms with van der Waals surface area (Å²) >= 11 is 1.73. The van der Waals surface area contributed by atoms with Crippen LogP contribution in [0.25, 0.3) is 0 Å². The summed E-state index contributed by atoms with van der Waals surface area (Å²) in [6.45, 7) is 6.66. The van der Waals surface area contributed by atoms with Gasteiger partial charge in [-0.25, -0.2) is 0 Å². The van der Waals surface area contributed by atoms with Crippen LogP contribution in [0.1, 0.15) is 35.9 Å². The second-order valence-corrected chi connectivity index (χ2v) is 6.60. The molecule has 1 aromatic heterocycles. The number of amides is 1. The summed E-state index contributed by atoms with van der Waals surface area (Å²) in [5.74, 6) is 0.0370. The Morgan fingerprint density at radius 3 is 2.73 bits per heavy atom. The molecule has 22 heavy (non-hydrogen) atoms. The lowest BCUT2D eigenvalue weighted by Gasteiger charge is -2.23. The van der Waals surface area contributed by atoms with E-state index in [0.717, 1.165) is 17.7 Å². The summed E-state index contributed by atoms with van der Waals surface area (Å²) in [4.78, 5) is 15.7. The van der Waals surface area contributed by atoms with Crippen molar-refractivity contribution in [3.05, 3.63) is 51.7 Å². The van der Waals surface area contributed by atoms with Crippen LogP contribution in [0, 0.1) is 6.92 Å². The average Bonchev–Trinajstić information content (AvgIpc) is 3.02. The molecule has 0 spiro atoms. The summed E-state index contributed by atoms with van der Waals surface area (Å²) in [6.07, 6.45) is 0.915. The van der Waals surface area contributed by atoms with Gasteiger partial charge in [-0.2, -0.15) is 0 Å². The molecule has 0 fully saturated rings. The normalized spacial score (nSPS) is 12.4. The van der Waals surface area contributed by atoms with Crippen molar-refractivity contribution in [1.29, 1.82) is 0 Å². The van der Waals surface area contributed by atoms with Crippen LogP contribution in [0.4, 0.5) is 5.69 Å². The zero-order valence-electron chi connectivity index (χ0n) is 13.7. The SMILES string of the molecule is CCc1cccc(C)c1NC(=O)CN(C)C(C)c1cccs1. The van der Waals surface area contributed by atoms with E-state index in [0.29, 0.717) is 6.54 Å². The van der Waals surface area contributed by atoms with Crippen molar-refractivity contribution in [3.63, 3.8) is 0 Å². The number of likely N-dealkylation sites (N-methyl/N-ethyl adjacent to an activating group) is 1. The van der Waals surface area contributed by atoms with Gasteiger partial charge in [-0.3, -0.25) is 9.69 Å². The second kappa shape index (κ2) is 7.56. The predicted octanol–water partition coefficient (Wildman–Crippen LogP) is 4.25. The molecule has 0 radical (unpaired) electrons. The Hall–Kier alpha value is -1.65. The molecule has 0 aliphatic rings. The van der Waals surface area contributed by atoms with Crippen molar-refractivity contribution in [2.45, 2.75) is 33.2 Å². The third-order valence-corrected chi connectivity index (χ3v) is 5.06. The number of hydrogen-bond acceptors (Lipinski definition) is 3. The van der Waals surface area contributed by atoms with Crippen LogP contribution in [0.5, 0.6) is 0 Å². The number of benzene rings is 1. The second-order valence-electron chi connectivity index (χ2n) is 5.62. The van der Waals surface area contributed by atoms with Crippen molar-refractivity contribution in [3.8, 4) is 0 Å². The number of carbonyl (C=O) groups is 1. The molecule has 1 atom stereocenters. The monoisotopic (exact) mass is 316 g/mol. The molecule has 1 heterocycles. The maximum absolute atomic E-state index is 12.4. The molecule has 1 unspecified atom stereocenters. The maximum Gasteiger partial charge on any atom is 0.238 e. The van der Waals surface area contributed by atoms with Crippen LogP contribution in [-0.4, -0.2) is 24.4 Å². The van der Waals surface area contributed by atoms with Crippen LogP contribution in [0.15, 0.2) is 35.7 Å². The topological polar surface area (TPSA) is 32.3 Å². The van der Waals surface area contributed by atoms with E-state index in [1.165, 1.54) is 10.4 Å². The van der Waals surface area contributed by atoms with E-state index < -0.39 is 0 Å². The zero-order valence-corrected chi connectivity index (χ0v) is 14.5. The van der Waals surface area contributed by atoms with E-state index in [9.17, 15) is 4.79 Å². The number of thiophene rings is 1. The van der Waals surface area contributed by atoms with Gasteiger partial charge in [-0.05, 0) is 49.9 Å². The summed E-state index contributed by atoms with van der Waals surface area (Å²) in [6, 6.07) is 10.5. The Balaban J connectivity index is 2.01. The smallest absolute Gasteiger partial charge is 0.238 e. The molecule has 0 saturated heterocycles. The van der Waals surface area contributed by atoms with Crippen LogP contribution < -0.4 is 5.32 Å². The Morgan fingerprint density at radius 2 is 2.09 bits per heavy atom. The molecule has 118 valence electrons. The third-order valence-electron chi connectivity index (χ3n) is 4.01. The first-order chi connectivity index (χ1) is 10.5. The van der Waals surface area contributed by atoms with Crippen LogP contribution in [-0.2, 0) is 11.2 Å². The van der Waals surface area contributed by atoms with Crippen LogP contribution in [0.3, 0.4) is 0 Å². The molecular weight excluding hydrogens is 292 g/mol. The molecule has 2 rings (SSSR count). The van der Waals surface area contributed by atoms with Gasteiger partial charge in [0.1, 0.15) is 0 Å². The highest BCUT2D eigenvalue weighted by Crippen LogP contribution is 2.24. The minimum Gasteiger partial charge on any atom is -0.324 e. The van der Waals surface area contributed by atoms with E-state index in [4.69, 9.17) is 0 Å². The summed E-state index contributed by atoms with van der Waals surface area (Å²) < 4.78 is 0. The number of aryl methyl sites for hydroxylation is 2. The molecule has 0 saturated carbocycles. The average molecular weight is 316 g/mol. The van der Waals surface area contributed by atoms with Crippen molar-refractivity contribution >= 4 is 22.9 Å². The number of para-hydroxylation sites is 1. The summed E-state index contributed by atoms with van der Waals surface area (Å²) in [5.41, 5.74) is 3.26. The number of nitrogens with one attached hydrogen (secondary N) is 1. The van der Waals surface area contributed by atoms with Gasteiger partial charge in [0, 0.05) is 16.6 Å². The first-order valence-corrected chi connectivity index (χ1v) is 8.52. The van der Waals surface area contributed by atoms with Crippen molar-refractivity contribution in [2.24, 2.45) is 0 Å². The van der Waals surface area contributed by atoms with E-state index in [2.05, 4.69) is 41.6 Å². The Bertz CT molecular complexity index is 622. The van der Waals surface area contributed by atoms with Crippen molar-refractivity contribution in [1.82, 2.24) is 4.90 Å². The van der Waals surface area contributed by atoms with Crippen molar-refractivity contribution in [2.75, 3.05) is 18.9 Å². The molecule has 2 aromatic rings. The Morgan fingerprint density at radius 1 is 1.32 bits per heavy atom. The molecule has 1 amide bonds. The quantitative estimate of drug-likeness (QED) is 0.864. The fourth-order valence-corrected chi connectivity index (χ4v) is 3.34. The third kappa shape index (κ3) is 3.96. The van der Waals surface area contributed by atoms with Crippen molar-refractivity contribution < 1.29 is 4.79 Å². The fraction of sp³-hybridized carbons (Fsp3) is 0.389. The van der Waals surface area contributed by atoms with Crippen LogP contribution in [0.2, 0.25) is 0 Å². The fourth-order valence-electron chi connectivity index (χ4n) is 2.49. The summed E-state index contributed by atoms with van der Waals surface area (Å²) in [7, 11) is 1.99. The van der Waals surface area contributed by atoms with E-state index >= 15 is 0 Å². The van der Waals surface area contributed by atoms with Gasteiger partial charge in [0.25, 0.3) is 0 Å². The molecule has 0 aliphatic carbocycles. The van der Waals surface area contributed by atoms with E-state index in [1.54, 1.807) is 11.3 Å². The maximum atomic E-state index is 12.4. The molecule has 1 N–H and O–H groups in total. The van der Waals surface area contributed by atoms with Gasteiger partial charge in [0.2, 0.25) is 5.91 Å². The molecule has 3 nitrogen and oxygen atoms in total. The summed E-state index contributed by atoms with van der Waals surface area (Å²) in [5, 5.41) is 5.15. The minimum absolute atomic E-state index is 0.0370. The lowest BCUT2D eigenvalue weighted by atomic mass is 10.1. The van der Waals surface area contributed by atoms with E-state index in [-0.39, 0.29) is 11.9 Å². The van der Waals surface area contributed by atoms with Gasteiger partial charge >= 0.3 is 0 Å². The minimum atomic E-state index is 0.0370.